The van der Waals surface area contributed by atoms with Gasteiger partial charge in [0.25, 0.3) is 0 Å². The zero-order chi connectivity index (χ0) is 9.97. The first-order valence-electron chi connectivity index (χ1n) is 5.37. The molecule has 0 aliphatic carbocycles. The second-order valence-corrected chi connectivity index (χ2v) is 4.15. The van der Waals surface area contributed by atoms with E-state index in [0.29, 0.717) is 25.2 Å². The third-order valence-electron chi connectivity index (χ3n) is 2.99. The van der Waals surface area contributed by atoms with Gasteiger partial charge in [0.05, 0.1) is 19.3 Å². The molecule has 2 fully saturated rings. The third kappa shape index (κ3) is 2.43. The molecule has 0 radical (unpaired) electrons. The van der Waals surface area contributed by atoms with Crippen molar-refractivity contribution in [2.24, 2.45) is 0 Å². The summed E-state index contributed by atoms with van der Waals surface area (Å²) in [5, 5.41) is 0. The number of rotatable bonds is 1. The molecule has 2 heterocycles. The minimum absolute atomic E-state index is 0.298. The molecule has 0 aromatic heterocycles. The first kappa shape index (κ1) is 10.3. The van der Waals surface area contributed by atoms with Crippen LogP contribution in [0, 0.1) is 0 Å². The number of hydrogen-bond donors (Lipinski definition) is 0. The molecule has 2 aliphatic rings. The number of nitrogens with zero attached hydrogens (tertiary/aromatic N) is 1. The Morgan fingerprint density at radius 1 is 1.29 bits per heavy atom. The van der Waals surface area contributed by atoms with Crippen LogP contribution in [0.3, 0.4) is 0 Å². The maximum absolute atomic E-state index is 12.7. The molecule has 3 unspecified atom stereocenters. The lowest BCUT2D eigenvalue weighted by molar-refractivity contribution is -0.118. The van der Waals surface area contributed by atoms with Gasteiger partial charge in [-0.25, -0.2) is 4.39 Å². The molecular formula is C10H18FNO2. The quantitative estimate of drug-likeness (QED) is 0.639. The second-order valence-electron chi connectivity index (χ2n) is 4.15. The summed E-state index contributed by atoms with van der Waals surface area (Å²) < 4.78 is 23.2. The first-order chi connectivity index (χ1) is 6.75. The number of alkyl halides is 1. The molecule has 2 saturated heterocycles. The number of halogens is 1. The van der Waals surface area contributed by atoms with Gasteiger partial charge in [-0.15, -0.1) is 0 Å². The Morgan fingerprint density at radius 2 is 2.14 bits per heavy atom. The molecule has 2 rings (SSSR count). The van der Waals surface area contributed by atoms with Crippen molar-refractivity contribution in [1.82, 2.24) is 4.90 Å². The second kappa shape index (κ2) is 4.55. The van der Waals surface area contributed by atoms with Crippen LogP contribution in [0.2, 0.25) is 0 Å². The van der Waals surface area contributed by atoms with E-state index in [4.69, 9.17) is 9.47 Å². The summed E-state index contributed by atoms with van der Waals surface area (Å²) in [5.74, 6) is 0. The van der Waals surface area contributed by atoms with Gasteiger partial charge in [0, 0.05) is 25.6 Å². The van der Waals surface area contributed by atoms with Crippen LogP contribution in [-0.2, 0) is 9.47 Å². The van der Waals surface area contributed by atoms with Gasteiger partial charge in [-0.1, -0.05) is 0 Å². The highest BCUT2D eigenvalue weighted by Crippen LogP contribution is 2.20. The molecule has 0 aromatic rings. The van der Waals surface area contributed by atoms with E-state index in [-0.39, 0.29) is 0 Å². The predicted octanol–water partition coefficient (Wildman–Crippen LogP) is 1.18. The molecule has 3 nitrogen and oxygen atoms in total. The molecule has 0 bridgehead atoms. The van der Waals surface area contributed by atoms with Crippen molar-refractivity contribution < 1.29 is 13.9 Å². The zero-order valence-electron chi connectivity index (χ0n) is 8.62. The van der Waals surface area contributed by atoms with Gasteiger partial charge < -0.3 is 9.47 Å². The van der Waals surface area contributed by atoms with Gasteiger partial charge in [-0.05, 0) is 13.3 Å². The van der Waals surface area contributed by atoms with Crippen LogP contribution in [0.25, 0.3) is 0 Å². The Hall–Kier alpha value is -0.190. The largest absolute Gasteiger partial charge is 0.376 e. The molecule has 0 spiro atoms. The van der Waals surface area contributed by atoms with E-state index in [0.717, 1.165) is 26.1 Å². The van der Waals surface area contributed by atoms with E-state index in [1.54, 1.807) is 0 Å². The average molecular weight is 203 g/mol. The summed E-state index contributed by atoms with van der Waals surface area (Å²) in [7, 11) is 0. The maximum Gasteiger partial charge on any atom is 0.198 e. The van der Waals surface area contributed by atoms with Crippen LogP contribution in [0.4, 0.5) is 4.39 Å². The van der Waals surface area contributed by atoms with Gasteiger partial charge in [-0.3, -0.25) is 4.90 Å². The highest BCUT2D eigenvalue weighted by molar-refractivity contribution is 4.79. The molecule has 0 saturated carbocycles. The number of hydrogen-bond acceptors (Lipinski definition) is 3. The van der Waals surface area contributed by atoms with Crippen molar-refractivity contribution in [3.8, 4) is 0 Å². The summed E-state index contributed by atoms with van der Waals surface area (Å²) in [5.41, 5.74) is 0. The summed E-state index contributed by atoms with van der Waals surface area (Å²) >= 11 is 0. The monoisotopic (exact) mass is 203 g/mol. The van der Waals surface area contributed by atoms with Crippen molar-refractivity contribution in [1.29, 1.82) is 0 Å². The third-order valence-corrected chi connectivity index (χ3v) is 2.99. The zero-order valence-corrected chi connectivity index (χ0v) is 8.62. The number of ether oxygens (including phenoxy) is 2. The molecule has 3 atom stereocenters. The lowest BCUT2D eigenvalue weighted by Crippen LogP contribution is -2.50. The smallest absolute Gasteiger partial charge is 0.198 e. The van der Waals surface area contributed by atoms with E-state index in [2.05, 4.69) is 11.8 Å². The lowest BCUT2D eigenvalue weighted by Gasteiger charge is -2.39. The molecule has 14 heavy (non-hydrogen) atoms. The van der Waals surface area contributed by atoms with Crippen molar-refractivity contribution in [2.75, 3.05) is 26.3 Å². The molecule has 4 heteroatoms. The van der Waals surface area contributed by atoms with Gasteiger partial charge in [-0.2, -0.15) is 0 Å². The average Bonchev–Trinajstić information content (AvgIpc) is 2.19. The Morgan fingerprint density at radius 3 is 2.79 bits per heavy atom. The minimum atomic E-state index is -1.04. The highest BCUT2D eigenvalue weighted by Gasteiger charge is 2.28. The van der Waals surface area contributed by atoms with Crippen LogP contribution >= 0.6 is 0 Å². The summed E-state index contributed by atoms with van der Waals surface area (Å²) in [6.07, 6.45) is 0.709. The van der Waals surface area contributed by atoms with Gasteiger partial charge >= 0.3 is 0 Å². The van der Waals surface area contributed by atoms with E-state index in [9.17, 15) is 4.39 Å². The Balaban J connectivity index is 1.82. The van der Waals surface area contributed by atoms with Crippen LogP contribution in [-0.4, -0.2) is 49.7 Å². The van der Waals surface area contributed by atoms with Crippen molar-refractivity contribution in [3.05, 3.63) is 0 Å². The molecule has 0 aromatic carbocycles. The molecule has 82 valence electrons. The lowest BCUT2D eigenvalue weighted by atomic mass is 10.1. The van der Waals surface area contributed by atoms with Crippen LogP contribution in [0.15, 0.2) is 0 Å². The molecule has 2 aliphatic heterocycles. The van der Waals surface area contributed by atoms with Crippen LogP contribution in [0.5, 0.6) is 0 Å². The standard InChI is InChI=1S/C10H18FNO2/c1-8-6-12(4-5-13-8)9-2-3-10(11)14-7-9/h8-10H,2-7H2,1H3. The minimum Gasteiger partial charge on any atom is -0.376 e. The topological polar surface area (TPSA) is 21.7 Å². The maximum atomic E-state index is 12.7. The van der Waals surface area contributed by atoms with Crippen molar-refractivity contribution in [2.45, 2.75) is 38.3 Å². The number of morpholine rings is 1. The van der Waals surface area contributed by atoms with Gasteiger partial charge in [0.2, 0.25) is 0 Å². The fourth-order valence-corrected chi connectivity index (χ4v) is 2.17. The summed E-state index contributed by atoms with van der Waals surface area (Å²) in [4.78, 5) is 2.36. The Labute approximate surface area is 84.2 Å². The van der Waals surface area contributed by atoms with Crippen LogP contribution in [0.1, 0.15) is 19.8 Å². The van der Waals surface area contributed by atoms with E-state index < -0.39 is 6.36 Å². The van der Waals surface area contributed by atoms with E-state index in [1.165, 1.54) is 0 Å². The predicted molar refractivity (Wildman–Crippen MR) is 50.9 cm³/mol. The fraction of sp³-hybridized carbons (Fsp3) is 1.00. The Kier molecular flexibility index (Phi) is 3.36. The molecular weight excluding hydrogens is 185 g/mol. The van der Waals surface area contributed by atoms with Gasteiger partial charge in [0.1, 0.15) is 0 Å². The normalized spacial score (nSPS) is 41.1. The summed E-state index contributed by atoms with van der Waals surface area (Å²) in [6, 6.07) is 0.397. The SMILES string of the molecule is CC1CN(C2CCC(F)OC2)CCO1. The first-order valence-corrected chi connectivity index (χ1v) is 5.37. The van der Waals surface area contributed by atoms with Crippen LogP contribution < -0.4 is 0 Å². The molecule has 0 amide bonds. The van der Waals surface area contributed by atoms with Crippen molar-refractivity contribution >= 4 is 0 Å². The van der Waals surface area contributed by atoms with Gasteiger partial charge in [0.15, 0.2) is 6.36 Å². The van der Waals surface area contributed by atoms with E-state index in [1.807, 2.05) is 0 Å². The molecule has 0 N–H and O–H groups in total. The fourth-order valence-electron chi connectivity index (χ4n) is 2.17. The van der Waals surface area contributed by atoms with Crippen molar-refractivity contribution in [3.63, 3.8) is 0 Å². The Bertz CT molecular complexity index is 183. The summed E-state index contributed by atoms with van der Waals surface area (Å²) in [6.45, 7) is 5.30. The highest BCUT2D eigenvalue weighted by atomic mass is 19.1. The van der Waals surface area contributed by atoms with E-state index >= 15 is 0 Å².